The highest BCUT2D eigenvalue weighted by atomic mass is 19.4. The van der Waals surface area contributed by atoms with Crippen molar-refractivity contribution in [3.63, 3.8) is 0 Å². The molecule has 2 saturated carbocycles. The Hall–Kier alpha value is -2.51. The van der Waals surface area contributed by atoms with Gasteiger partial charge in [-0.3, -0.25) is 10.7 Å². The number of alkyl halides is 7. The summed E-state index contributed by atoms with van der Waals surface area (Å²) in [6.45, 7) is 0. The van der Waals surface area contributed by atoms with E-state index in [1.54, 1.807) is 0 Å². The van der Waals surface area contributed by atoms with E-state index in [1.807, 2.05) is 0 Å². The lowest BCUT2D eigenvalue weighted by atomic mass is 9.98. The molecule has 1 unspecified atom stereocenters. The van der Waals surface area contributed by atoms with E-state index in [0.29, 0.717) is 6.20 Å². The highest BCUT2D eigenvalue weighted by molar-refractivity contribution is 6.09. The number of guanidine groups is 1. The zero-order chi connectivity index (χ0) is 23.4. The summed E-state index contributed by atoms with van der Waals surface area (Å²) in [4.78, 5) is 15.3. The number of nitrogens with zero attached hydrogens (tertiary/aromatic N) is 4. The second kappa shape index (κ2) is 7.52. The van der Waals surface area contributed by atoms with Crippen LogP contribution >= 0.6 is 0 Å². The first-order valence-corrected chi connectivity index (χ1v) is 9.92. The molecule has 2 heterocycles. The Bertz CT molecular complexity index is 946. The van der Waals surface area contributed by atoms with Crippen molar-refractivity contribution in [1.82, 2.24) is 20.6 Å². The summed E-state index contributed by atoms with van der Waals surface area (Å²) >= 11 is 0. The monoisotopic (exact) mass is 467 g/mol. The molecular formula is C18H20F7N7. The summed E-state index contributed by atoms with van der Waals surface area (Å²) in [6.07, 6.45) is -5.10. The van der Waals surface area contributed by atoms with Crippen LogP contribution in [0.15, 0.2) is 22.4 Å². The van der Waals surface area contributed by atoms with Crippen LogP contribution in [0.2, 0.25) is 0 Å². The third-order valence-corrected chi connectivity index (χ3v) is 5.74. The molecule has 1 aromatic heterocycles. The van der Waals surface area contributed by atoms with Crippen LogP contribution in [0.5, 0.6) is 0 Å². The van der Waals surface area contributed by atoms with Crippen molar-refractivity contribution in [2.45, 2.75) is 68.4 Å². The fourth-order valence-electron chi connectivity index (χ4n) is 4.11. The minimum atomic E-state index is -4.78. The Kier molecular flexibility index (Phi) is 5.33. The van der Waals surface area contributed by atoms with E-state index in [4.69, 9.17) is 5.73 Å². The number of aromatic nitrogens is 2. The van der Waals surface area contributed by atoms with Crippen molar-refractivity contribution in [2.75, 3.05) is 0 Å². The lowest BCUT2D eigenvalue weighted by Crippen LogP contribution is -2.66. The van der Waals surface area contributed by atoms with E-state index in [1.165, 1.54) is 0 Å². The van der Waals surface area contributed by atoms with Gasteiger partial charge < -0.3 is 10.6 Å². The third-order valence-electron chi connectivity index (χ3n) is 5.74. The van der Waals surface area contributed by atoms with Gasteiger partial charge in [0.05, 0.1) is 18.4 Å². The summed E-state index contributed by atoms with van der Waals surface area (Å²) in [6, 6.07) is -0.791. The van der Waals surface area contributed by atoms with Gasteiger partial charge in [-0.2, -0.15) is 13.2 Å². The molecule has 4 N–H and O–H groups in total. The van der Waals surface area contributed by atoms with Gasteiger partial charge in [0, 0.05) is 31.6 Å². The van der Waals surface area contributed by atoms with E-state index >= 15 is 0 Å². The van der Waals surface area contributed by atoms with Crippen LogP contribution in [0.25, 0.3) is 0 Å². The van der Waals surface area contributed by atoms with Gasteiger partial charge >= 0.3 is 6.18 Å². The number of aliphatic imine (C=N–C) groups is 2. The minimum Gasteiger partial charge on any atom is -0.319 e. The summed E-state index contributed by atoms with van der Waals surface area (Å²) in [5.74, 6) is -9.02. The summed E-state index contributed by atoms with van der Waals surface area (Å²) in [5.41, 5.74) is 4.65. The molecule has 0 amide bonds. The Labute approximate surface area is 177 Å². The molecule has 4 rings (SSSR count). The number of nitrogens with two attached hydrogens (primary N) is 1. The van der Waals surface area contributed by atoms with Crippen LogP contribution in [-0.4, -0.2) is 45.4 Å². The van der Waals surface area contributed by atoms with Gasteiger partial charge in [0.15, 0.2) is 23.3 Å². The van der Waals surface area contributed by atoms with E-state index in [9.17, 15) is 30.7 Å². The number of amidine groups is 1. The fraction of sp³-hybridized carbons (Fsp3) is 0.667. The largest absolute Gasteiger partial charge is 0.434 e. The molecule has 1 aromatic rings. The van der Waals surface area contributed by atoms with Crippen molar-refractivity contribution in [3.05, 3.63) is 23.8 Å². The molecule has 2 aliphatic carbocycles. The average Bonchev–Trinajstić information content (AvgIpc) is 3.22. The lowest BCUT2D eigenvalue weighted by Gasteiger charge is -2.38. The zero-order valence-electron chi connectivity index (χ0n) is 16.6. The smallest absolute Gasteiger partial charge is 0.319 e. The Morgan fingerprint density at radius 3 is 2.31 bits per heavy atom. The van der Waals surface area contributed by atoms with Gasteiger partial charge in [-0.05, 0) is 12.8 Å². The average molecular weight is 467 g/mol. The van der Waals surface area contributed by atoms with Crippen LogP contribution in [-0.2, 0) is 6.18 Å². The fourth-order valence-corrected chi connectivity index (χ4v) is 4.11. The topological polar surface area (TPSA) is 101 Å². The second-order valence-electron chi connectivity index (χ2n) is 8.35. The predicted molar refractivity (Wildman–Crippen MR) is 99.1 cm³/mol. The number of nitrogens with one attached hydrogen (secondary N) is 2. The van der Waals surface area contributed by atoms with Crippen LogP contribution in [0.4, 0.5) is 30.7 Å². The van der Waals surface area contributed by atoms with Crippen molar-refractivity contribution in [3.8, 4) is 0 Å². The Morgan fingerprint density at radius 2 is 1.72 bits per heavy atom. The van der Waals surface area contributed by atoms with Crippen molar-refractivity contribution in [1.29, 1.82) is 0 Å². The van der Waals surface area contributed by atoms with Crippen molar-refractivity contribution < 1.29 is 30.7 Å². The van der Waals surface area contributed by atoms with E-state index in [2.05, 4.69) is 30.6 Å². The SMILES string of the molecule is NC1([C@@H]2CCC(F)(F)C2)N=C(c2cncc(C(F)(F)F)n2)NC(=N[C@@H]2CCC(F)(F)C2)N1. The van der Waals surface area contributed by atoms with Gasteiger partial charge in [-0.1, -0.05) is 0 Å². The first-order chi connectivity index (χ1) is 14.7. The molecule has 1 aliphatic heterocycles. The standard InChI is InChI=1S/C18H20F7N7/c19-15(20)3-1-9(5-15)18(26)31-13(11-7-27-8-12(29-11)17(23,24)25)30-14(32-18)28-10-2-4-16(21,22)6-10/h7-10H,1-6,26H2,(H2,28,30,31,32)/t9-,10-,18?/m1/s1. The molecule has 0 saturated heterocycles. The van der Waals surface area contributed by atoms with E-state index in [0.717, 1.165) is 6.20 Å². The maximum absolute atomic E-state index is 13.8. The normalized spacial score (nSPS) is 33.0. The van der Waals surface area contributed by atoms with Gasteiger partial charge in [0.2, 0.25) is 11.8 Å². The van der Waals surface area contributed by atoms with Crippen LogP contribution in [0.3, 0.4) is 0 Å². The van der Waals surface area contributed by atoms with E-state index in [-0.39, 0.29) is 36.8 Å². The van der Waals surface area contributed by atoms with Crippen LogP contribution < -0.4 is 16.4 Å². The van der Waals surface area contributed by atoms with Gasteiger partial charge in [-0.15, -0.1) is 0 Å². The third kappa shape index (κ3) is 4.79. The quantitative estimate of drug-likeness (QED) is 0.594. The molecule has 0 radical (unpaired) electrons. The van der Waals surface area contributed by atoms with Crippen molar-refractivity contribution >= 4 is 11.8 Å². The molecule has 0 spiro atoms. The molecule has 3 aliphatic rings. The molecule has 176 valence electrons. The molecule has 2 fully saturated rings. The summed E-state index contributed by atoms with van der Waals surface area (Å²) in [7, 11) is 0. The second-order valence-corrected chi connectivity index (χ2v) is 8.35. The number of hydrogen-bond acceptors (Lipinski definition) is 5. The lowest BCUT2D eigenvalue weighted by molar-refractivity contribution is -0.141. The van der Waals surface area contributed by atoms with Crippen molar-refractivity contribution in [2.24, 2.45) is 21.6 Å². The molecule has 3 atom stereocenters. The molecule has 7 nitrogen and oxygen atoms in total. The molecule has 0 bridgehead atoms. The first-order valence-electron chi connectivity index (χ1n) is 9.92. The Balaban J connectivity index is 1.70. The Morgan fingerprint density at radius 1 is 1.03 bits per heavy atom. The number of rotatable bonds is 3. The predicted octanol–water partition coefficient (Wildman–Crippen LogP) is 3.03. The molecule has 0 aromatic carbocycles. The maximum Gasteiger partial charge on any atom is 0.434 e. The highest BCUT2D eigenvalue weighted by Gasteiger charge is 2.50. The maximum atomic E-state index is 13.8. The van der Waals surface area contributed by atoms with Gasteiger partial charge in [0.25, 0.3) is 0 Å². The highest BCUT2D eigenvalue weighted by Crippen LogP contribution is 2.43. The van der Waals surface area contributed by atoms with E-state index < -0.39 is 60.7 Å². The van der Waals surface area contributed by atoms with Gasteiger partial charge in [-0.25, -0.2) is 32.5 Å². The number of halogens is 7. The van der Waals surface area contributed by atoms with Crippen LogP contribution in [0, 0.1) is 5.92 Å². The number of hydrogen-bond donors (Lipinski definition) is 3. The summed E-state index contributed by atoms with van der Waals surface area (Å²) in [5, 5.41) is 5.30. The first kappa shape index (κ1) is 22.7. The zero-order valence-corrected chi connectivity index (χ0v) is 16.6. The molecule has 14 heteroatoms. The van der Waals surface area contributed by atoms with Gasteiger partial charge in [0.1, 0.15) is 5.69 Å². The minimum absolute atomic E-state index is 0.00364. The van der Waals surface area contributed by atoms with Crippen LogP contribution in [0.1, 0.15) is 49.9 Å². The molecule has 32 heavy (non-hydrogen) atoms. The molecular weight excluding hydrogens is 447 g/mol. The summed E-state index contributed by atoms with van der Waals surface area (Å²) < 4.78 is 94.0.